The van der Waals surface area contributed by atoms with E-state index in [1.54, 1.807) is 12.1 Å². The summed E-state index contributed by atoms with van der Waals surface area (Å²) in [6, 6.07) is 15.9. The molecular weight excluding hydrogens is 482 g/mol. The molecule has 0 saturated heterocycles. The molecule has 8 nitrogen and oxygen atoms in total. The molecule has 1 aliphatic carbocycles. The average Bonchev–Trinajstić information content (AvgIpc) is 3.70. The SMILES string of the molecule is CC(C)C[C@H](NC(=O)[C@H](CCc1ccccc1)NC(=O)CC1CC1)C(=O)N[C@@H](Cc1ccccc1)C(=O)O. The number of nitrogens with one attached hydrogen (secondary N) is 3. The highest BCUT2D eigenvalue weighted by Gasteiger charge is 2.31. The maximum Gasteiger partial charge on any atom is 0.326 e. The topological polar surface area (TPSA) is 125 Å². The lowest BCUT2D eigenvalue weighted by atomic mass is 10.00. The lowest BCUT2D eigenvalue weighted by molar-refractivity contribution is -0.142. The van der Waals surface area contributed by atoms with E-state index in [-0.39, 0.29) is 18.2 Å². The fourth-order valence-corrected chi connectivity index (χ4v) is 4.36. The number of carbonyl (C=O) groups is 4. The summed E-state index contributed by atoms with van der Waals surface area (Å²) >= 11 is 0. The maximum atomic E-state index is 13.4. The molecule has 8 heteroatoms. The highest BCUT2D eigenvalue weighted by atomic mass is 16.4. The molecule has 0 unspecified atom stereocenters. The molecule has 3 rings (SSSR count). The molecule has 0 radical (unpaired) electrons. The van der Waals surface area contributed by atoms with Crippen molar-refractivity contribution in [1.29, 1.82) is 0 Å². The van der Waals surface area contributed by atoms with Gasteiger partial charge in [-0.3, -0.25) is 14.4 Å². The first-order chi connectivity index (χ1) is 18.2. The van der Waals surface area contributed by atoms with Crippen LogP contribution in [0.5, 0.6) is 0 Å². The normalized spacial score (nSPS) is 15.2. The first kappa shape index (κ1) is 28.9. The van der Waals surface area contributed by atoms with Gasteiger partial charge in [0.1, 0.15) is 18.1 Å². The van der Waals surface area contributed by atoms with E-state index in [9.17, 15) is 24.3 Å². The highest BCUT2D eigenvalue weighted by Crippen LogP contribution is 2.32. The van der Waals surface area contributed by atoms with Gasteiger partial charge in [0.2, 0.25) is 17.7 Å². The number of carboxylic acid groups (broad SMARTS) is 1. The van der Waals surface area contributed by atoms with Crippen LogP contribution in [0.4, 0.5) is 0 Å². The van der Waals surface area contributed by atoms with Crippen LogP contribution in [-0.4, -0.2) is 46.9 Å². The quantitative estimate of drug-likeness (QED) is 0.286. The standard InChI is InChI=1S/C30H39N3O5/c1-20(2)17-25(29(36)33-26(30(37)38)18-22-11-7-4-8-12-22)32-28(35)24(31-27(34)19-23-13-14-23)16-15-21-9-5-3-6-10-21/h3-12,20,23-26H,13-19H2,1-2H3,(H,31,34)(H,32,35)(H,33,36)(H,37,38)/t24-,25-,26-/m0/s1. The van der Waals surface area contributed by atoms with Gasteiger partial charge < -0.3 is 21.1 Å². The first-order valence-corrected chi connectivity index (χ1v) is 13.4. The number of hydrogen-bond acceptors (Lipinski definition) is 4. The van der Waals surface area contributed by atoms with Gasteiger partial charge in [0.05, 0.1) is 0 Å². The Morgan fingerprint density at radius 2 is 1.34 bits per heavy atom. The van der Waals surface area contributed by atoms with Crippen molar-refractivity contribution in [2.45, 2.75) is 76.9 Å². The zero-order chi connectivity index (χ0) is 27.5. The lowest BCUT2D eigenvalue weighted by Gasteiger charge is -2.25. The molecule has 38 heavy (non-hydrogen) atoms. The fraction of sp³-hybridized carbons (Fsp3) is 0.467. The van der Waals surface area contributed by atoms with Gasteiger partial charge in [-0.2, -0.15) is 0 Å². The van der Waals surface area contributed by atoms with Crippen LogP contribution >= 0.6 is 0 Å². The van der Waals surface area contributed by atoms with Crippen LogP contribution in [0.1, 0.15) is 57.1 Å². The summed E-state index contributed by atoms with van der Waals surface area (Å²) in [6.45, 7) is 3.85. The zero-order valence-electron chi connectivity index (χ0n) is 22.2. The van der Waals surface area contributed by atoms with Gasteiger partial charge >= 0.3 is 5.97 Å². The van der Waals surface area contributed by atoms with Crippen LogP contribution < -0.4 is 16.0 Å². The number of aryl methyl sites for hydroxylation is 1. The van der Waals surface area contributed by atoms with Crippen molar-refractivity contribution < 1.29 is 24.3 Å². The van der Waals surface area contributed by atoms with Gasteiger partial charge in [0, 0.05) is 12.8 Å². The van der Waals surface area contributed by atoms with Crippen molar-refractivity contribution in [2.24, 2.45) is 11.8 Å². The molecule has 0 aliphatic heterocycles. The van der Waals surface area contributed by atoms with Gasteiger partial charge in [0.25, 0.3) is 0 Å². The highest BCUT2D eigenvalue weighted by molar-refractivity contribution is 5.93. The first-order valence-electron chi connectivity index (χ1n) is 13.4. The van der Waals surface area contributed by atoms with E-state index in [0.29, 0.717) is 31.6 Å². The second-order valence-corrected chi connectivity index (χ2v) is 10.6. The molecule has 3 atom stereocenters. The number of carboxylic acids is 1. The number of benzene rings is 2. The van der Waals surface area contributed by atoms with Gasteiger partial charge in [-0.05, 0) is 55.1 Å². The summed E-state index contributed by atoms with van der Waals surface area (Å²) in [5.41, 5.74) is 1.83. The zero-order valence-corrected chi connectivity index (χ0v) is 22.2. The Kier molecular flexibility index (Phi) is 10.9. The number of amides is 3. The number of rotatable bonds is 15. The Morgan fingerprint density at radius 1 is 0.789 bits per heavy atom. The van der Waals surface area contributed by atoms with E-state index < -0.39 is 35.9 Å². The van der Waals surface area contributed by atoms with Crippen LogP contribution in [0.25, 0.3) is 0 Å². The molecule has 0 spiro atoms. The van der Waals surface area contributed by atoms with Gasteiger partial charge in [-0.25, -0.2) is 4.79 Å². The third kappa shape index (κ3) is 10.00. The second kappa shape index (κ2) is 14.3. The van der Waals surface area contributed by atoms with Gasteiger partial charge in [0.15, 0.2) is 0 Å². The molecule has 4 N–H and O–H groups in total. The molecule has 204 valence electrons. The summed E-state index contributed by atoms with van der Waals surface area (Å²) in [4.78, 5) is 51.1. The van der Waals surface area contributed by atoms with E-state index in [4.69, 9.17) is 0 Å². The van der Waals surface area contributed by atoms with Crippen molar-refractivity contribution >= 4 is 23.7 Å². The van der Waals surface area contributed by atoms with Crippen LogP contribution in [0, 0.1) is 11.8 Å². The Hall–Kier alpha value is -3.68. The molecule has 1 saturated carbocycles. The molecule has 3 amide bonds. The van der Waals surface area contributed by atoms with Crippen molar-refractivity contribution in [1.82, 2.24) is 16.0 Å². The van der Waals surface area contributed by atoms with E-state index in [0.717, 1.165) is 24.0 Å². The smallest absolute Gasteiger partial charge is 0.326 e. The van der Waals surface area contributed by atoms with Gasteiger partial charge in [-0.1, -0.05) is 74.5 Å². The number of carbonyl (C=O) groups excluding carboxylic acids is 3. The second-order valence-electron chi connectivity index (χ2n) is 10.6. The van der Waals surface area contributed by atoms with Crippen LogP contribution in [0.3, 0.4) is 0 Å². The molecule has 0 bridgehead atoms. The van der Waals surface area contributed by atoms with Crippen LogP contribution in [0.2, 0.25) is 0 Å². The largest absolute Gasteiger partial charge is 0.480 e. The summed E-state index contributed by atoms with van der Waals surface area (Å²) in [7, 11) is 0. The monoisotopic (exact) mass is 521 g/mol. The molecule has 2 aromatic carbocycles. The number of hydrogen-bond donors (Lipinski definition) is 4. The molecule has 2 aromatic rings. The summed E-state index contributed by atoms with van der Waals surface area (Å²) in [5.74, 6) is -1.87. The van der Waals surface area contributed by atoms with E-state index in [1.807, 2.05) is 62.4 Å². The minimum atomic E-state index is -1.15. The Morgan fingerprint density at radius 3 is 1.89 bits per heavy atom. The maximum absolute atomic E-state index is 13.4. The third-order valence-corrected chi connectivity index (χ3v) is 6.62. The van der Waals surface area contributed by atoms with Crippen LogP contribution in [-0.2, 0) is 32.0 Å². The van der Waals surface area contributed by atoms with E-state index in [2.05, 4.69) is 16.0 Å². The predicted molar refractivity (Wildman–Crippen MR) is 145 cm³/mol. The fourth-order valence-electron chi connectivity index (χ4n) is 4.36. The third-order valence-electron chi connectivity index (χ3n) is 6.62. The van der Waals surface area contributed by atoms with Crippen molar-refractivity contribution in [3.8, 4) is 0 Å². The Bertz CT molecular complexity index is 1070. The predicted octanol–water partition coefficient (Wildman–Crippen LogP) is 3.25. The Balaban J connectivity index is 1.69. The molecule has 0 heterocycles. The molecule has 1 aliphatic rings. The van der Waals surface area contributed by atoms with Gasteiger partial charge in [-0.15, -0.1) is 0 Å². The molecular formula is C30H39N3O5. The summed E-state index contributed by atoms with van der Waals surface area (Å²) in [5, 5.41) is 18.0. The van der Waals surface area contributed by atoms with E-state index in [1.165, 1.54) is 0 Å². The Labute approximate surface area is 224 Å². The van der Waals surface area contributed by atoms with Crippen molar-refractivity contribution in [3.63, 3.8) is 0 Å². The van der Waals surface area contributed by atoms with Crippen molar-refractivity contribution in [3.05, 3.63) is 71.8 Å². The number of aliphatic carboxylic acids is 1. The summed E-state index contributed by atoms with van der Waals surface area (Å²) < 4.78 is 0. The molecule has 0 aromatic heterocycles. The molecule has 1 fully saturated rings. The lowest BCUT2D eigenvalue weighted by Crippen LogP contribution is -2.56. The average molecular weight is 522 g/mol. The van der Waals surface area contributed by atoms with Crippen molar-refractivity contribution in [2.75, 3.05) is 0 Å². The summed E-state index contributed by atoms with van der Waals surface area (Å²) in [6.07, 6.45) is 3.87. The minimum Gasteiger partial charge on any atom is -0.480 e. The van der Waals surface area contributed by atoms with Crippen LogP contribution in [0.15, 0.2) is 60.7 Å². The van der Waals surface area contributed by atoms with E-state index >= 15 is 0 Å². The minimum absolute atomic E-state index is 0.0654.